The lowest BCUT2D eigenvalue weighted by Crippen LogP contribution is -2.29. The van der Waals surface area contributed by atoms with Gasteiger partial charge in [-0.15, -0.1) is 0 Å². The molecule has 1 N–H and O–H groups in total. The first-order valence-electron chi connectivity index (χ1n) is 11.3. The van der Waals surface area contributed by atoms with Crippen LogP contribution in [0.4, 0.5) is 5.69 Å². The van der Waals surface area contributed by atoms with Crippen molar-refractivity contribution < 1.29 is 38.4 Å². The van der Waals surface area contributed by atoms with Gasteiger partial charge in [-0.2, -0.15) is 0 Å². The summed E-state index contributed by atoms with van der Waals surface area (Å²) in [5, 5.41) is 11.5. The number of ketones is 1. The first kappa shape index (κ1) is 25.3. The van der Waals surface area contributed by atoms with Crippen LogP contribution in [-0.4, -0.2) is 44.1 Å². The Bertz CT molecular complexity index is 1370. The molecule has 3 aromatic rings. The highest BCUT2D eigenvalue weighted by molar-refractivity contribution is 6.51. The van der Waals surface area contributed by atoms with Crippen LogP contribution in [0.5, 0.6) is 23.0 Å². The van der Waals surface area contributed by atoms with Crippen LogP contribution in [0, 0.1) is 0 Å². The number of ether oxygens (including phenoxy) is 4. The van der Waals surface area contributed by atoms with Crippen molar-refractivity contribution in [3.8, 4) is 23.0 Å². The second kappa shape index (κ2) is 10.4. The molecule has 1 heterocycles. The maximum Gasteiger partial charge on any atom is 0.308 e. The highest BCUT2D eigenvalue weighted by atomic mass is 16.5. The van der Waals surface area contributed by atoms with E-state index >= 15 is 0 Å². The van der Waals surface area contributed by atoms with E-state index < -0.39 is 29.5 Å². The lowest BCUT2D eigenvalue weighted by Gasteiger charge is -2.26. The van der Waals surface area contributed by atoms with Gasteiger partial charge < -0.3 is 24.1 Å². The van der Waals surface area contributed by atoms with E-state index in [1.165, 1.54) is 33.2 Å². The van der Waals surface area contributed by atoms with Gasteiger partial charge in [-0.05, 0) is 42.0 Å². The molecule has 9 heteroatoms. The Morgan fingerprint density at radius 2 is 1.46 bits per heavy atom. The van der Waals surface area contributed by atoms with Gasteiger partial charge in [0, 0.05) is 18.7 Å². The average molecular weight is 504 g/mol. The minimum atomic E-state index is -1.02. The quantitative estimate of drug-likeness (QED) is 0.167. The van der Waals surface area contributed by atoms with E-state index in [-0.39, 0.29) is 22.6 Å². The average Bonchev–Trinajstić information content (AvgIpc) is 3.17. The van der Waals surface area contributed by atoms with Crippen LogP contribution < -0.4 is 23.8 Å². The number of anilines is 1. The highest BCUT2D eigenvalue weighted by Gasteiger charge is 2.47. The summed E-state index contributed by atoms with van der Waals surface area (Å²) in [6, 6.07) is 16.9. The van der Waals surface area contributed by atoms with Gasteiger partial charge in [-0.25, -0.2) is 0 Å². The molecule has 0 aliphatic carbocycles. The van der Waals surface area contributed by atoms with Crippen molar-refractivity contribution >= 4 is 29.1 Å². The lowest BCUT2D eigenvalue weighted by atomic mass is 9.94. The zero-order chi connectivity index (χ0) is 26.7. The smallest absolute Gasteiger partial charge is 0.308 e. The van der Waals surface area contributed by atoms with Gasteiger partial charge >= 0.3 is 5.97 Å². The van der Waals surface area contributed by atoms with Gasteiger partial charge in [0.25, 0.3) is 11.7 Å². The third-order valence-corrected chi connectivity index (χ3v) is 5.90. The molecule has 190 valence electrons. The molecule has 3 aromatic carbocycles. The second-order valence-corrected chi connectivity index (χ2v) is 8.07. The van der Waals surface area contributed by atoms with Gasteiger partial charge in [-0.1, -0.05) is 24.3 Å². The molecule has 1 aliphatic rings. The number of benzene rings is 3. The fraction of sp³-hybridized carbons (Fsp3) is 0.179. The molecule has 37 heavy (non-hydrogen) atoms. The number of Topliss-reactive ketones (excluding diaryl/α,β-unsaturated/α-hetero) is 1. The molecule has 0 aromatic heterocycles. The Morgan fingerprint density at radius 1 is 0.838 bits per heavy atom. The van der Waals surface area contributed by atoms with Crippen molar-refractivity contribution in [2.75, 3.05) is 26.2 Å². The fourth-order valence-corrected chi connectivity index (χ4v) is 4.28. The molecule has 0 radical (unpaired) electrons. The third-order valence-electron chi connectivity index (χ3n) is 5.90. The van der Waals surface area contributed by atoms with Crippen LogP contribution in [0.3, 0.4) is 0 Å². The van der Waals surface area contributed by atoms with Crippen LogP contribution in [0.2, 0.25) is 0 Å². The van der Waals surface area contributed by atoms with E-state index in [1.54, 1.807) is 66.7 Å². The van der Waals surface area contributed by atoms with Crippen LogP contribution in [0.15, 0.2) is 72.3 Å². The number of methoxy groups -OCH3 is 3. The van der Waals surface area contributed by atoms with Crippen LogP contribution in [0.1, 0.15) is 24.1 Å². The largest absolute Gasteiger partial charge is 0.506 e. The molecule has 1 aliphatic heterocycles. The molecular weight excluding hydrogens is 478 g/mol. The zero-order valence-corrected chi connectivity index (χ0v) is 20.7. The molecule has 1 saturated heterocycles. The summed E-state index contributed by atoms with van der Waals surface area (Å²) in [6.45, 7) is 1.28. The molecule has 1 unspecified atom stereocenters. The standard InChI is InChI=1S/C28H25NO8/c1-16(30)37-19-13-11-17(12-14-19)25-24(26(31)23-21(35-3)9-6-10-22(23)36-4)27(32)28(33)29(25)18-7-5-8-20(15-18)34-2/h5-15,25,31H,1-4H3/b26-24+. The number of hydrogen-bond donors (Lipinski definition) is 1. The highest BCUT2D eigenvalue weighted by Crippen LogP contribution is 2.45. The Morgan fingerprint density at radius 3 is 2.03 bits per heavy atom. The third kappa shape index (κ3) is 4.71. The summed E-state index contributed by atoms with van der Waals surface area (Å²) >= 11 is 0. The minimum Gasteiger partial charge on any atom is -0.506 e. The normalized spacial score (nSPS) is 16.4. The van der Waals surface area contributed by atoms with Crippen LogP contribution >= 0.6 is 0 Å². The SMILES string of the molecule is COc1cccc(N2C(=O)C(=O)/C(=C(/O)c3c(OC)cccc3OC)C2c2ccc(OC(C)=O)cc2)c1. The molecule has 0 bridgehead atoms. The lowest BCUT2D eigenvalue weighted by molar-refractivity contribution is -0.132. The summed E-state index contributed by atoms with van der Waals surface area (Å²) in [4.78, 5) is 39.5. The predicted octanol–water partition coefficient (Wildman–Crippen LogP) is 4.26. The van der Waals surface area contributed by atoms with E-state index in [0.717, 1.165) is 0 Å². The van der Waals surface area contributed by atoms with E-state index in [0.29, 0.717) is 22.7 Å². The number of carbonyl (C=O) groups is 3. The van der Waals surface area contributed by atoms with Crippen molar-refractivity contribution in [2.24, 2.45) is 0 Å². The zero-order valence-electron chi connectivity index (χ0n) is 20.7. The summed E-state index contributed by atoms with van der Waals surface area (Å²) in [5.41, 5.74) is 0.864. The summed E-state index contributed by atoms with van der Waals surface area (Å²) in [7, 11) is 4.34. The molecule has 0 saturated carbocycles. The Balaban J connectivity index is 1.97. The van der Waals surface area contributed by atoms with E-state index in [4.69, 9.17) is 18.9 Å². The summed E-state index contributed by atoms with van der Waals surface area (Å²) in [6.07, 6.45) is 0. The summed E-state index contributed by atoms with van der Waals surface area (Å²) < 4.78 is 21.3. The Labute approximate surface area is 213 Å². The molecule has 1 amide bonds. The molecule has 1 atom stereocenters. The summed E-state index contributed by atoms with van der Waals surface area (Å²) in [5.74, 6) is -1.37. The van der Waals surface area contributed by atoms with E-state index in [9.17, 15) is 19.5 Å². The topological polar surface area (TPSA) is 112 Å². The van der Waals surface area contributed by atoms with Gasteiger partial charge in [0.1, 0.15) is 34.3 Å². The minimum absolute atomic E-state index is 0.137. The molecule has 0 spiro atoms. The van der Waals surface area contributed by atoms with E-state index in [2.05, 4.69) is 0 Å². The number of esters is 1. The predicted molar refractivity (Wildman–Crippen MR) is 135 cm³/mol. The second-order valence-electron chi connectivity index (χ2n) is 8.07. The van der Waals surface area contributed by atoms with Gasteiger partial charge in [0.15, 0.2) is 0 Å². The molecule has 1 fully saturated rings. The number of aliphatic hydroxyl groups is 1. The Kier molecular flexibility index (Phi) is 7.15. The number of aliphatic hydroxyl groups excluding tert-OH is 1. The van der Waals surface area contributed by atoms with Gasteiger partial charge in [0.2, 0.25) is 0 Å². The number of nitrogens with zero attached hydrogens (tertiary/aromatic N) is 1. The monoisotopic (exact) mass is 503 g/mol. The van der Waals surface area contributed by atoms with Crippen LogP contribution in [-0.2, 0) is 14.4 Å². The van der Waals surface area contributed by atoms with Crippen molar-refractivity contribution in [3.05, 3.63) is 83.4 Å². The molecular formula is C28H25NO8. The Hall–Kier alpha value is -4.79. The van der Waals surface area contributed by atoms with Crippen molar-refractivity contribution in [1.29, 1.82) is 0 Å². The number of carbonyl (C=O) groups excluding carboxylic acids is 3. The first-order valence-corrected chi connectivity index (χ1v) is 11.3. The van der Waals surface area contributed by atoms with Crippen LogP contribution in [0.25, 0.3) is 5.76 Å². The number of amides is 1. The maximum absolute atomic E-state index is 13.5. The first-order chi connectivity index (χ1) is 17.8. The van der Waals surface area contributed by atoms with Gasteiger partial charge in [-0.3, -0.25) is 19.3 Å². The number of hydrogen-bond acceptors (Lipinski definition) is 8. The van der Waals surface area contributed by atoms with Crippen molar-refractivity contribution in [2.45, 2.75) is 13.0 Å². The number of rotatable bonds is 7. The van der Waals surface area contributed by atoms with Crippen molar-refractivity contribution in [3.63, 3.8) is 0 Å². The van der Waals surface area contributed by atoms with Gasteiger partial charge in [0.05, 0.1) is 32.9 Å². The van der Waals surface area contributed by atoms with Crippen molar-refractivity contribution in [1.82, 2.24) is 0 Å². The fourth-order valence-electron chi connectivity index (χ4n) is 4.28. The maximum atomic E-state index is 13.5. The molecule has 4 rings (SSSR count). The molecule has 9 nitrogen and oxygen atoms in total. The van der Waals surface area contributed by atoms with E-state index in [1.807, 2.05) is 0 Å².